The molecule has 1 fully saturated rings. The largest absolute Gasteiger partial charge is 0.417 e. The molecular weight excluding hydrogens is 371 g/mol. The first-order chi connectivity index (χ1) is 12.2. The third-order valence-corrected chi connectivity index (χ3v) is 4.51. The Bertz CT molecular complexity index is 694. The minimum absolute atomic E-state index is 0.0884. The number of piperidine rings is 1. The van der Waals surface area contributed by atoms with Gasteiger partial charge >= 0.3 is 6.18 Å². The Morgan fingerprint density at radius 3 is 2.81 bits per heavy atom. The van der Waals surface area contributed by atoms with Crippen LogP contribution in [0.5, 0.6) is 0 Å². The van der Waals surface area contributed by atoms with Crippen molar-refractivity contribution in [2.45, 2.75) is 25.4 Å². The first-order valence-electron chi connectivity index (χ1n) is 8.13. The molecule has 1 aliphatic rings. The zero-order valence-corrected chi connectivity index (χ0v) is 14.7. The molecule has 1 aromatic heterocycles. The second kappa shape index (κ2) is 8.53. The Kier molecular flexibility index (Phi) is 6.63. The molecule has 2 heterocycles. The van der Waals surface area contributed by atoms with Crippen LogP contribution in [0, 0.1) is 5.92 Å². The van der Waals surface area contributed by atoms with Gasteiger partial charge in [0.2, 0.25) is 11.8 Å². The predicted octanol–water partition coefficient (Wildman–Crippen LogP) is 2.84. The van der Waals surface area contributed by atoms with Crippen molar-refractivity contribution in [2.24, 2.45) is 5.92 Å². The lowest BCUT2D eigenvalue weighted by Crippen LogP contribution is -2.45. The van der Waals surface area contributed by atoms with E-state index in [0.29, 0.717) is 19.5 Å². The molecule has 0 saturated carbocycles. The molecule has 1 aromatic rings. The number of hydrogen-bond donors (Lipinski definition) is 1. The molecule has 0 unspecified atom stereocenters. The molecule has 5 nitrogen and oxygen atoms in total. The zero-order chi connectivity index (χ0) is 19.3. The fourth-order valence-corrected chi connectivity index (χ4v) is 3.03. The van der Waals surface area contributed by atoms with E-state index in [1.165, 1.54) is 6.08 Å². The number of rotatable bonds is 5. The number of halogens is 4. The zero-order valence-electron chi connectivity index (χ0n) is 14.0. The maximum Gasteiger partial charge on any atom is 0.417 e. The van der Waals surface area contributed by atoms with Gasteiger partial charge in [-0.15, -0.1) is 0 Å². The molecule has 2 rings (SSSR count). The highest BCUT2D eigenvalue weighted by molar-refractivity contribution is 6.31. The Morgan fingerprint density at radius 1 is 1.46 bits per heavy atom. The predicted molar refractivity (Wildman–Crippen MR) is 90.5 cm³/mol. The van der Waals surface area contributed by atoms with Gasteiger partial charge in [0.25, 0.3) is 0 Å². The lowest BCUT2D eigenvalue weighted by molar-refractivity contribution is -0.138. The number of carbonyl (C=O) groups excluding carboxylic acids is 2. The summed E-state index contributed by atoms with van der Waals surface area (Å²) in [5.41, 5.74) is -0.628. The smallest absolute Gasteiger partial charge is 0.355 e. The molecule has 1 aliphatic heterocycles. The molecule has 1 atom stereocenters. The molecule has 0 spiro atoms. The molecule has 2 amide bonds. The number of nitrogens with one attached hydrogen (secondary N) is 1. The number of likely N-dealkylation sites (tertiary alicyclic amines) is 1. The molecule has 0 radical (unpaired) electrons. The van der Waals surface area contributed by atoms with Crippen LogP contribution in [-0.2, 0) is 22.2 Å². The summed E-state index contributed by atoms with van der Waals surface area (Å²) in [5.74, 6) is -0.721. The van der Waals surface area contributed by atoms with E-state index in [-0.39, 0.29) is 41.4 Å². The van der Waals surface area contributed by atoms with Crippen molar-refractivity contribution >= 4 is 23.4 Å². The minimum atomic E-state index is -4.50. The van der Waals surface area contributed by atoms with E-state index < -0.39 is 11.7 Å². The Labute approximate surface area is 154 Å². The summed E-state index contributed by atoms with van der Waals surface area (Å²) < 4.78 is 37.8. The van der Waals surface area contributed by atoms with E-state index >= 15 is 0 Å². The lowest BCUT2D eigenvalue weighted by atomic mass is 9.97. The number of amides is 2. The second-order valence-electron chi connectivity index (χ2n) is 6.02. The normalized spacial score (nSPS) is 17.7. The summed E-state index contributed by atoms with van der Waals surface area (Å²) in [4.78, 5) is 29.2. The second-order valence-corrected chi connectivity index (χ2v) is 6.43. The van der Waals surface area contributed by atoms with Crippen LogP contribution < -0.4 is 5.32 Å². The maximum absolute atomic E-state index is 12.6. The molecule has 0 aliphatic carbocycles. The van der Waals surface area contributed by atoms with Crippen LogP contribution in [-0.4, -0.2) is 41.3 Å². The highest BCUT2D eigenvalue weighted by Gasteiger charge is 2.31. The SMILES string of the molecule is C=CC(=O)N1CCC[C@@H](C(=O)NCCc2ncc(C(F)(F)F)cc2Cl)C1. The van der Waals surface area contributed by atoms with Crippen LogP contribution in [0.25, 0.3) is 0 Å². The molecule has 142 valence electrons. The molecule has 0 aromatic carbocycles. The van der Waals surface area contributed by atoms with E-state index in [1.807, 2.05) is 0 Å². The Hall–Kier alpha value is -2.09. The fraction of sp³-hybridized carbons (Fsp3) is 0.471. The number of carbonyl (C=O) groups is 2. The summed E-state index contributed by atoms with van der Waals surface area (Å²) in [5, 5.41) is 2.64. The number of hydrogen-bond acceptors (Lipinski definition) is 3. The standard InChI is InChI=1S/C17H19ClF3N3O2/c1-2-15(25)24-7-3-4-11(10-24)16(26)22-6-5-14-13(18)8-12(9-23-14)17(19,20)21/h2,8-9,11H,1,3-7,10H2,(H,22,26)/t11-/m1/s1. The average Bonchev–Trinajstić information content (AvgIpc) is 2.61. The third-order valence-electron chi connectivity index (χ3n) is 4.18. The van der Waals surface area contributed by atoms with Gasteiger partial charge in [-0.05, 0) is 25.0 Å². The van der Waals surface area contributed by atoms with Gasteiger partial charge in [-0.2, -0.15) is 13.2 Å². The van der Waals surface area contributed by atoms with Crippen LogP contribution in [0.15, 0.2) is 24.9 Å². The number of aromatic nitrogens is 1. The van der Waals surface area contributed by atoms with E-state index in [0.717, 1.165) is 18.7 Å². The van der Waals surface area contributed by atoms with Gasteiger partial charge in [-0.1, -0.05) is 18.2 Å². The van der Waals surface area contributed by atoms with Crippen molar-refractivity contribution in [2.75, 3.05) is 19.6 Å². The van der Waals surface area contributed by atoms with Crippen molar-refractivity contribution in [3.05, 3.63) is 41.2 Å². The minimum Gasteiger partial charge on any atom is -0.355 e. The third kappa shape index (κ3) is 5.20. The average molecular weight is 390 g/mol. The van der Waals surface area contributed by atoms with Gasteiger partial charge < -0.3 is 10.2 Å². The lowest BCUT2D eigenvalue weighted by Gasteiger charge is -2.31. The van der Waals surface area contributed by atoms with Gasteiger partial charge in [-0.3, -0.25) is 14.6 Å². The van der Waals surface area contributed by atoms with Gasteiger partial charge in [0, 0.05) is 32.3 Å². The van der Waals surface area contributed by atoms with Crippen molar-refractivity contribution in [3.63, 3.8) is 0 Å². The van der Waals surface area contributed by atoms with E-state index in [1.54, 1.807) is 4.90 Å². The molecule has 1 saturated heterocycles. The quantitative estimate of drug-likeness (QED) is 0.788. The van der Waals surface area contributed by atoms with Crippen molar-refractivity contribution in [1.82, 2.24) is 15.2 Å². The molecule has 0 bridgehead atoms. The summed E-state index contributed by atoms with van der Waals surface area (Å²) in [6.45, 7) is 4.56. The van der Waals surface area contributed by atoms with Gasteiger partial charge in [0.05, 0.1) is 22.2 Å². The van der Waals surface area contributed by atoms with Crippen molar-refractivity contribution in [1.29, 1.82) is 0 Å². The van der Waals surface area contributed by atoms with Crippen LogP contribution in [0.3, 0.4) is 0 Å². The molecule has 9 heteroatoms. The van der Waals surface area contributed by atoms with E-state index in [9.17, 15) is 22.8 Å². The van der Waals surface area contributed by atoms with Crippen LogP contribution in [0.2, 0.25) is 5.02 Å². The van der Waals surface area contributed by atoms with Crippen LogP contribution >= 0.6 is 11.6 Å². The van der Waals surface area contributed by atoms with Gasteiger partial charge in [-0.25, -0.2) is 0 Å². The fourth-order valence-electron chi connectivity index (χ4n) is 2.77. The van der Waals surface area contributed by atoms with Crippen LogP contribution in [0.1, 0.15) is 24.1 Å². The Balaban J connectivity index is 1.86. The first kappa shape index (κ1) is 20.2. The maximum atomic E-state index is 12.6. The number of alkyl halides is 3. The van der Waals surface area contributed by atoms with Crippen molar-refractivity contribution < 1.29 is 22.8 Å². The summed E-state index contributed by atoms with van der Waals surface area (Å²) in [7, 11) is 0. The Morgan fingerprint density at radius 2 is 2.19 bits per heavy atom. The van der Waals surface area contributed by atoms with Gasteiger partial charge in [0.1, 0.15) is 0 Å². The molecular formula is C17H19ClF3N3O2. The number of nitrogens with zero attached hydrogens (tertiary/aromatic N) is 2. The molecule has 26 heavy (non-hydrogen) atoms. The monoisotopic (exact) mass is 389 g/mol. The van der Waals surface area contributed by atoms with Crippen LogP contribution in [0.4, 0.5) is 13.2 Å². The first-order valence-corrected chi connectivity index (χ1v) is 8.51. The summed E-state index contributed by atoms with van der Waals surface area (Å²) in [6, 6.07) is 0.825. The van der Waals surface area contributed by atoms with E-state index in [2.05, 4.69) is 16.9 Å². The summed E-state index contributed by atoms with van der Waals surface area (Å²) >= 11 is 5.84. The number of pyridine rings is 1. The van der Waals surface area contributed by atoms with Gasteiger partial charge in [0.15, 0.2) is 0 Å². The molecule has 1 N–H and O–H groups in total. The van der Waals surface area contributed by atoms with E-state index in [4.69, 9.17) is 11.6 Å². The topological polar surface area (TPSA) is 62.3 Å². The highest BCUT2D eigenvalue weighted by Crippen LogP contribution is 2.31. The highest BCUT2D eigenvalue weighted by atomic mass is 35.5. The summed E-state index contributed by atoms with van der Waals surface area (Å²) in [6.07, 6.45) is -0.943. The van der Waals surface area contributed by atoms with Crippen molar-refractivity contribution in [3.8, 4) is 0 Å².